The maximum absolute atomic E-state index is 13.5. The summed E-state index contributed by atoms with van der Waals surface area (Å²) in [5, 5.41) is 7.67. The third-order valence-corrected chi connectivity index (χ3v) is 5.64. The van der Waals surface area contributed by atoms with Crippen LogP contribution in [0.3, 0.4) is 0 Å². The standard InChI is InChI=1S/C25H26N8O2/c1-31(2)24(34)21-22(18-5-3-6-20(17-18)33-12-4-9-27-33)29-25(32-13-15-35-16-14-32)30-23(21)28-19-7-10-26-11-8-19/h3-12,17H,13-16H2,1-2H3,(H,26,28,29,30). The molecule has 1 fully saturated rings. The van der Waals surface area contributed by atoms with E-state index in [1.165, 1.54) is 4.90 Å². The van der Waals surface area contributed by atoms with Gasteiger partial charge >= 0.3 is 0 Å². The SMILES string of the molecule is CN(C)C(=O)c1c(Nc2ccncc2)nc(N2CCOCC2)nc1-c1cccc(-n2cccn2)c1. The van der Waals surface area contributed by atoms with E-state index >= 15 is 0 Å². The van der Waals surface area contributed by atoms with Crippen LogP contribution >= 0.6 is 0 Å². The lowest BCUT2D eigenvalue weighted by molar-refractivity contribution is 0.0828. The van der Waals surface area contributed by atoms with Crippen LogP contribution in [-0.2, 0) is 4.74 Å². The average molecular weight is 471 g/mol. The van der Waals surface area contributed by atoms with Crippen LogP contribution in [0.25, 0.3) is 16.9 Å². The smallest absolute Gasteiger partial charge is 0.259 e. The van der Waals surface area contributed by atoms with Crippen LogP contribution in [0, 0.1) is 0 Å². The summed E-state index contributed by atoms with van der Waals surface area (Å²) in [6.07, 6.45) is 6.98. The predicted molar refractivity (Wildman–Crippen MR) is 133 cm³/mol. The fourth-order valence-electron chi connectivity index (χ4n) is 3.87. The third-order valence-electron chi connectivity index (χ3n) is 5.64. The summed E-state index contributed by atoms with van der Waals surface area (Å²) in [6, 6.07) is 13.3. The molecule has 35 heavy (non-hydrogen) atoms. The Morgan fingerprint density at radius 1 is 1.03 bits per heavy atom. The van der Waals surface area contributed by atoms with Crippen LogP contribution in [-0.4, -0.2) is 75.9 Å². The molecule has 4 aromatic rings. The van der Waals surface area contributed by atoms with Gasteiger partial charge in [-0.3, -0.25) is 9.78 Å². The summed E-state index contributed by atoms with van der Waals surface area (Å²) >= 11 is 0. The molecule has 1 N–H and O–H groups in total. The van der Waals surface area contributed by atoms with Crippen LogP contribution in [0.5, 0.6) is 0 Å². The molecule has 5 rings (SSSR count). The quantitative estimate of drug-likeness (QED) is 0.459. The topological polar surface area (TPSA) is 101 Å². The number of amides is 1. The van der Waals surface area contributed by atoms with Crippen molar-refractivity contribution in [1.29, 1.82) is 0 Å². The summed E-state index contributed by atoms with van der Waals surface area (Å²) in [4.78, 5) is 30.9. The molecule has 1 amide bonds. The maximum atomic E-state index is 13.5. The lowest BCUT2D eigenvalue weighted by Gasteiger charge is -2.28. The van der Waals surface area contributed by atoms with Gasteiger partial charge in [0.05, 0.1) is 24.6 Å². The van der Waals surface area contributed by atoms with E-state index in [2.05, 4.69) is 20.3 Å². The molecule has 3 aromatic heterocycles. The zero-order valence-corrected chi connectivity index (χ0v) is 19.6. The lowest BCUT2D eigenvalue weighted by atomic mass is 10.0. The molecule has 0 spiro atoms. The molecular formula is C25H26N8O2. The maximum Gasteiger partial charge on any atom is 0.259 e. The second kappa shape index (κ2) is 9.90. The molecule has 10 nitrogen and oxygen atoms in total. The van der Waals surface area contributed by atoms with Gasteiger partial charge in [0.1, 0.15) is 11.4 Å². The Morgan fingerprint density at radius 2 is 1.83 bits per heavy atom. The Morgan fingerprint density at radius 3 is 2.54 bits per heavy atom. The number of hydrogen-bond donors (Lipinski definition) is 1. The summed E-state index contributed by atoms with van der Waals surface area (Å²) in [7, 11) is 3.44. The van der Waals surface area contributed by atoms with Gasteiger partial charge < -0.3 is 19.9 Å². The second-order valence-corrected chi connectivity index (χ2v) is 8.26. The number of pyridine rings is 1. The first kappa shape index (κ1) is 22.5. The number of carbonyl (C=O) groups excluding carboxylic acids is 1. The Kier molecular flexibility index (Phi) is 6.36. The van der Waals surface area contributed by atoms with Crippen molar-refractivity contribution in [2.75, 3.05) is 50.6 Å². The van der Waals surface area contributed by atoms with Gasteiger partial charge in [-0.15, -0.1) is 0 Å². The van der Waals surface area contributed by atoms with Crippen LogP contribution in [0.1, 0.15) is 10.4 Å². The van der Waals surface area contributed by atoms with Crippen molar-refractivity contribution in [3.05, 3.63) is 72.8 Å². The number of nitrogens with one attached hydrogen (secondary N) is 1. The molecule has 4 heterocycles. The van der Waals surface area contributed by atoms with Crippen molar-refractivity contribution >= 4 is 23.4 Å². The average Bonchev–Trinajstić information content (AvgIpc) is 3.44. The molecule has 178 valence electrons. The Labute approximate surface area is 203 Å². The number of nitrogens with zero attached hydrogens (tertiary/aromatic N) is 7. The predicted octanol–water partition coefficient (Wildman–Crippen LogP) is 3.01. The van der Waals surface area contributed by atoms with E-state index in [0.29, 0.717) is 49.3 Å². The Hall–Kier alpha value is -4.31. The van der Waals surface area contributed by atoms with Crippen LogP contribution in [0.15, 0.2) is 67.3 Å². The molecule has 1 aliphatic heterocycles. The van der Waals surface area contributed by atoms with Crippen molar-refractivity contribution < 1.29 is 9.53 Å². The largest absolute Gasteiger partial charge is 0.378 e. The van der Waals surface area contributed by atoms with Crippen molar-refractivity contribution in [2.24, 2.45) is 0 Å². The van der Waals surface area contributed by atoms with Crippen molar-refractivity contribution in [3.63, 3.8) is 0 Å². The highest BCUT2D eigenvalue weighted by molar-refractivity contribution is 6.05. The van der Waals surface area contributed by atoms with Crippen LogP contribution < -0.4 is 10.2 Å². The van der Waals surface area contributed by atoms with E-state index in [0.717, 1.165) is 16.9 Å². The molecule has 10 heteroatoms. The van der Waals surface area contributed by atoms with Crippen molar-refractivity contribution in [3.8, 4) is 16.9 Å². The molecule has 1 aromatic carbocycles. The first-order valence-corrected chi connectivity index (χ1v) is 11.3. The number of benzene rings is 1. The second-order valence-electron chi connectivity index (χ2n) is 8.26. The van der Waals surface area contributed by atoms with E-state index < -0.39 is 0 Å². The molecule has 0 unspecified atom stereocenters. The molecule has 0 aliphatic carbocycles. The first-order valence-electron chi connectivity index (χ1n) is 11.3. The molecule has 0 bridgehead atoms. The highest BCUT2D eigenvalue weighted by Crippen LogP contribution is 2.32. The zero-order chi connectivity index (χ0) is 24.2. The minimum atomic E-state index is -0.199. The molecule has 1 aliphatic rings. The van der Waals surface area contributed by atoms with Crippen LogP contribution in [0.4, 0.5) is 17.5 Å². The fourth-order valence-corrected chi connectivity index (χ4v) is 3.87. The summed E-state index contributed by atoms with van der Waals surface area (Å²) in [5.41, 5.74) is 3.37. The van der Waals surface area contributed by atoms with Gasteiger partial charge in [-0.05, 0) is 30.3 Å². The van der Waals surface area contributed by atoms with Crippen LogP contribution in [0.2, 0.25) is 0 Å². The first-order chi connectivity index (χ1) is 17.1. The van der Waals surface area contributed by atoms with Gasteiger partial charge in [-0.1, -0.05) is 12.1 Å². The molecule has 0 radical (unpaired) electrons. The minimum absolute atomic E-state index is 0.199. The number of ether oxygens (including phenoxy) is 1. The highest BCUT2D eigenvalue weighted by Gasteiger charge is 2.26. The number of anilines is 3. The van der Waals surface area contributed by atoms with Gasteiger partial charge in [0, 0.05) is 63.2 Å². The number of aromatic nitrogens is 5. The molecule has 0 atom stereocenters. The third kappa shape index (κ3) is 4.82. The summed E-state index contributed by atoms with van der Waals surface area (Å²) in [5.74, 6) is 0.778. The lowest BCUT2D eigenvalue weighted by Crippen LogP contribution is -2.37. The number of rotatable bonds is 6. The van der Waals surface area contributed by atoms with Gasteiger partial charge in [-0.25, -0.2) is 9.67 Å². The molecular weight excluding hydrogens is 444 g/mol. The monoisotopic (exact) mass is 470 g/mol. The highest BCUT2D eigenvalue weighted by atomic mass is 16.5. The van der Waals surface area contributed by atoms with E-state index in [1.807, 2.05) is 48.7 Å². The molecule has 0 saturated carbocycles. The number of morpholine rings is 1. The summed E-state index contributed by atoms with van der Waals surface area (Å²) < 4.78 is 7.30. The summed E-state index contributed by atoms with van der Waals surface area (Å²) in [6.45, 7) is 2.53. The van der Waals surface area contributed by atoms with Gasteiger partial charge in [0.15, 0.2) is 0 Å². The minimum Gasteiger partial charge on any atom is -0.378 e. The normalized spacial score (nSPS) is 13.5. The number of hydrogen-bond acceptors (Lipinski definition) is 8. The van der Waals surface area contributed by atoms with E-state index in [1.54, 1.807) is 37.4 Å². The Balaban J connectivity index is 1.71. The zero-order valence-electron chi connectivity index (χ0n) is 19.6. The fraction of sp³-hybridized carbons (Fsp3) is 0.240. The Bertz CT molecular complexity index is 1300. The van der Waals surface area contributed by atoms with E-state index in [4.69, 9.17) is 14.7 Å². The van der Waals surface area contributed by atoms with Gasteiger partial charge in [-0.2, -0.15) is 10.1 Å². The van der Waals surface area contributed by atoms with Gasteiger partial charge in [0.25, 0.3) is 5.91 Å². The molecule has 1 saturated heterocycles. The van der Waals surface area contributed by atoms with Gasteiger partial charge in [0.2, 0.25) is 5.95 Å². The van der Waals surface area contributed by atoms with Crippen molar-refractivity contribution in [1.82, 2.24) is 29.6 Å². The van der Waals surface area contributed by atoms with E-state index in [9.17, 15) is 4.79 Å². The number of carbonyl (C=O) groups is 1. The van der Waals surface area contributed by atoms with Crippen molar-refractivity contribution in [2.45, 2.75) is 0 Å². The van der Waals surface area contributed by atoms with E-state index in [-0.39, 0.29) is 5.91 Å².